The molecule has 1 aromatic carbocycles. The van der Waals surface area contributed by atoms with E-state index in [2.05, 4.69) is 61.0 Å². The molecule has 1 unspecified atom stereocenters. The van der Waals surface area contributed by atoms with E-state index in [0.29, 0.717) is 0 Å². The van der Waals surface area contributed by atoms with E-state index in [4.69, 9.17) is 0 Å². The summed E-state index contributed by atoms with van der Waals surface area (Å²) in [4.78, 5) is 0. The van der Waals surface area contributed by atoms with Crippen molar-refractivity contribution in [1.29, 1.82) is 0 Å². The van der Waals surface area contributed by atoms with Crippen LogP contribution in [0.3, 0.4) is 0 Å². The first kappa shape index (κ1) is 12.1. The van der Waals surface area contributed by atoms with Crippen LogP contribution in [0.1, 0.15) is 26.3 Å². The maximum Gasteiger partial charge on any atom is 0.0187 e. The molecule has 2 heteroatoms. The van der Waals surface area contributed by atoms with E-state index < -0.39 is 0 Å². The van der Waals surface area contributed by atoms with Crippen molar-refractivity contribution in [3.63, 3.8) is 0 Å². The van der Waals surface area contributed by atoms with Gasteiger partial charge in [0.2, 0.25) is 0 Å². The molecule has 0 aliphatic rings. The van der Waals surface area contributed by atoms with Gasteiger partial charge in [0.25, 0.3) is 0 Å². The van der Waals surface area contributed by atoms with E-state index in [0.717, 1.165) is 16.9 Å². The molecule has 0 aliphatic heterocycles. The summed E-state index contributed by atoms with van der Waals surface area (Å²) in [7, 11) is 0. The lowest BCUT2D eigenvalue weighted by Gasteiger charge is -2.14. The van der Waals surface area contributed by atoms with E-state index in [1.165, 1.54) is 10.0 Å². The van der Waals surface area contributed by atoms with Gasteiger partial charge in [-0.2, -0.15) is 11.8 Å². The standard InChI is InChI=1S/C12H17BrS/c1-9(2)10(3)14-8-11-5-4-6-12(13)7-11/h4-7,9-10H,8H2,1-3H3. The summed E-state index contributed by atoms with van der Waals surface area (Å²) in [6.07, 6.45) is 0. The SMILES string of the molecule is CC(C)C(C)SCc1cccc(Br)c1. The van der Waals surface area contributed by atoms with Gasteiger partial charge in [0, 0.05) is 15.5 Å². The predicted molar refractivity (Wildman–Crippen MR) is 69.7 cm³/mol. The highest BCUT2D eigenvalue weighted by Crippen LogP contribution is 2.24. The van der Waals surface area contributed by atoms with Gasteiger partial charge in [0.15, 0.2) is 0 Å². The zero-order valence-electron chi connectivity index (χ0n) is 8.96. The molecule has 0 aliphatic carbocycles. The zero-order chi connectivity index (χ0) is 10.6. The lowest BCUT2D eigenvalue weighted by molar-refractivity contribution is 0.642. The molecule has 1 aromatic rings. The fraction of sp³-hybridized carbons (Fsp3) is 0.500. The minimum Gasteiger partial charge on any atom is -0.154 e. The van der Waals surface area contributed by atoms with Crippen molar-refractivity contribution in [2.45, 2.75) is 31.8 Å². The van der Waals surface area contributed by atoms with Crippen LogP contribution >= 0.6 is 27.7 Å². The highest BCUT2D eigenvalue weighted by Gasteiger charge is 2.07. The Labute approximate surface area is 99.6 Å². The number of hydrogen-bond acceptors (Lipinski definition) is 1. The first-order valence-electron chi connectivity index (χ1n) is 4.95. The van der Waals surface area contributed by atoms with Crippen LogP contribution in [0.2, 0.25) is 0 Å². The molecule has 0 saturated carbocycles. The molecular weight excluding hydrogens is 256 g/mol. The Hall–Kier alpha value is 0.0500. The first-order chi connectivity index (χ1) is 6.59. The third-order valence-electron chi connectivity index (χ3n) is 2.34. The van der Waals surface area contributed by atoms with Crippen molar-refractivity contribution in [1.82, 2.24) is 0 Å². The molecule has 0 radical (unpaired) electrons. The van der Waals surface area contributed by atoms with Gasteiger partial charge in [0.05, 0.1) is 0 Å². The summed E-state index contributed by atoms with van der Waals surface area (Å²) in [5, 5.41) is 0.731. The van der Waals surface area contributed by atoms with Crippen molar-refractivity contribution in [2.24, 2.45) is 5.92 Å². The van der Waals surface area contributed by atoms with Gasteiger partial charge in [-0.1, -0.05) is 48.8 Å². The monoisotopic (exact) mass is 272 g/mol. The second-order valence-corrected chi connectivity index (χ2v) is 6.17. The minimum absolute atomic E-state index is 0.731. The van der Waals surface area contributed by atoms with Crippen LogP contribution in [0.25, 0.3) is 0 Å². The van der Waals surface area contributed by atoms with Crippen molar-refractivity contribution in [3.05, 3.63) is 34.3 Å². The molecule has 0 N–H and O–H groups in total. The molecule has 0 nitrogen and oxygen atoms in total. The largest absolute Gasteiger partial charge is 0.154 e. The molecule has 0 heterocycles. The highest BCUT2D eigenvalue weighted by atomic mass is 79.9. The normalized spacial score (nSPS) is 13.2. The lowest BCUT2D eigenvalue weighted by atomic mass is 10.2. The van der Waals surface area contributed by atoms with Gasteiger partial charge in [0.1, 0.15) is 0 Å². The molecule has 1 atom stereocenters. The Morgan fingerprint density at radius 1 is 1.29 bits per heavy atom. The van der Waals surface area contributed by atoms with E-state index >= 15 is 0 Å². The maximum absolute atomic E-state index is 3.49. The topological polar surface area (TPSA) is 0 Å². The van der Waals surface area contributed by atoms with Gasteiger partial charge in [-0.3, -0.25) is 0 Å². The van der Waals surface area contributed by atoms with Gasteiger partial charge in [-0.05, 0) is 23.6 Å². The molecule has 0 spiro atoms. The Balaban J connectivity index is 2.45. The molecule has 0 bridgehead atoms. The van der Waals surface area contributed by atoms with E-state index in [-0.39, 0.29) is 0 Å². The van der Waals surface area contributed by atoms with Gasteiger partial charge in [-0.25, -0.2) is 0 Å². The minimum atomic E-state index is 0.731. The predicted octanol–water partition coefficient (Wildman–Crippen LogP) is 4.73. The lowest BCUT2D eigenvalue weighted by Crippen LogP contribution is -2.05. The van der Waals surface area contributed by atoms with Crippen LogP contribution in [0.4, 0.5) is 0 Å². The average molecular weight is 273 g/mol. The molecule has 0 aromatic heterocycles. The smallest absolute Gasteiger partial charge is 0.0187 e. The van der Waals surface area contributed by atoms with Crippen molar-refractivity contribution < 1.29 is 0 Å². The zero-order valence-corrected chi connectivity index (χ0v) is 11.4. The van der Waals surface area contributed by atoms with Crippen LogP contribution in [0.5, 0.6) is 0 Å². The number of thioether (sulfide) groups is 1. The third kappa shape index (κ3) is 4.05. The van der Waals surface area contributed by atoms with Crippen LogP contribution in [-0.2, 0) is 5.75 Å². The average Bonchev–Trinajstić information content (AvgIpc) is 2.14. The van der Waals surface area contributed by atoms with E-state index in [1.54, 1.807) is 0 Å². The van der Waals surface area contributed by atoms with Crippen LogP contribution < -0.4 is 0 Å². The summed E-state index contributed by atoms with van der Waals surface area (Å²) in [6, 6.07) is 8.55. The second kappa shape index (κ2) is 5.82. The molecule has 0 amide bonds. The van der Waals surface area contributed by atoms with Crippen LogP contribution in [0.15, 0.2) is 28.7 Å². The number of hydrogen-bond donors (Lipinski definition) is 0. The molecule has 1 rings (SSSR count). The summed E-state index contributed by atoms with van der Waals surface area (Å²) in [5.41, 5.74) is 1.40. The molecule has 0 fully saturated rings. The molecule has 78 valence electrons. The molecule has 0 saturated heterocycles. The molecule has 14 heavy (non-hydrogen) atoms. The van der Waals surface area contributed by atoms with Crippen molar-refractivity contribution in [3.8, 4) is 0 Å². The van der Waals surface area contributed by atoms with Crippen molar-refractivity contribution >= 4 is 27.7 Å². The molecular formula is C12H17BrS. The van der Waals surface area contributed by atoms with Crippen LogP contribution in [0, 0.1) is 5.92 Å². The Morgan fingerprint density at radius 2 is 2.00 bits per heavy atom. The Morgan fingerprint density at radius 3 is 2.57 bits per heavy atom. The van der Waals surface area contributed by atoms with Crippen molar-refractivity contribution in [2.75, 3.05) is 0 Å². The summed E-state index contributed by atoms with van der Waals surface area (Å²) >= 11 is 5.51. The number of benzene rings is 1. The summed E-state index contributed by atoms with van der Waals surface area (Å²) < 4.78 is 1.17. The van der Waals surface area contributed by atoms with Gasteiger partial charge in [-0.15, -0.1) is 0 Å². The number of rotatable bonds is 4. The fourth-order valence-electron chi connectivity index (χ4n) is 1.05. The van der Waals surface area contributed by atoms with Gasteiger partial charge >= 0.3 is 0 Å². The number of halogens is 1. The Kier molecular flexibility index (Phi) is 5.04. The quantitative estimate of drug-likeness (QED) is 0.764. The summed E-state index contributed by atoms with van der Waals surface area (Å²) in [5.74, 6) is 1.87. The van der Waals surface area contributed by atoms with Crippen LogP contribution in [-0.4, -0.2) is 5.25 Å². The summed E-state index contributed by atoms with van der Waals surface area (Å²) in [6.45, 7) is 6.85. The van der Waals surface area contributed by atoms with E-state index in [9.17, 15) is 0 Å². The second-order valence-electron chi connectivity index (χ2n) is 3.89. The first-order valence-corrected chi connectivity index (χ1v) is 6.80. The van der Waals surface area contributed by atoms with Gasteiger partial charge < -0.3 is 0 Å². The Bertz CT molecular complexity index is 283. The fourth-order valence-corrected chi connectivity index (χ4v) is 2.51. The maximum atomic E-state index is 3.49. The third-order valence-corrected chi connectivity index (χ3v) is 4.40. The van der Waals surface area contributed by atoms with E-state index in [1.807, 2.05) is 11.8 Å². The highest BCUT2D eigenvalue weighted by molar-refractivity contribution is 9.10.